The number of aliphatic hydroxyl groups excluding tert-OH is 1. The van der Waals surface area contributed by atoms with Crippen molar-refractivity contribution < 1.29 is 57.2 Å². The van der Waals surface area contributed by atoms with Gasteiger partial charge in [0.25, 0.3) is 0 Å². The molecule has 3 atom stereocenters. The number of esters is 1. The smallest absolute Gasteiger partial charge is 0.745 e. The number of carbonyl (C=O) groups excluding carboxylic acids is 1. The van der Waals surface area contributed by atoms with E-state index in [1.165, 1.54) is 0 Å². The topological polar surface area (TPSA) is 104 Å². The predicted molar refractivity (Wildman–Crippen MR) is 67.0 cm³/mol. The first-order valence-electron chi connectivity index (χ1n) is 6.39. The second kappa shape index (κ2) is 7.56. The van der Waals surface area contributed by atoms with Crippen LogP contribution in [0.1, 0.15) is 46.5 Å². The van der Waals surface area contributed by atoms with Gasteiger partial charge < -0.3 is 14.4 Å². The number of hydrogen-bond donors (Lipinski definition) is 1. The summed E-state index contributed by atoms with van der Waals surface area (Å²) in [6.45, 7) is 6.26. The van der Waals surface area contributed by atoms with Crippen molar-refractivity contribution in [2.24, 2.45) is 11.3 Å². The average molecular weight is 316 g/mol. The van der Waals surface area contributed by atoms with E-state index in [1.807, 2.05) is 0 Å². The van der Waals surface area contributed by atoms with E-state index in [1.54, 1.807) is 0 Å². The SMILES string of the molecule is CC(C)C1(C)CCCC(OC(=O)C(O)S(=O)(=O)[O-])C1.[Na+]. The fourth-order valence-electron chi connectivity index (χ4n) is 2.42. The summed E-state index contributed by atoms with van der Waals surface area (Å²) in [6, 6.07) is 0. The van der Waals surface area contributed by atoms with E-state index < -0.39 is 27.6 Å². The van der Waals surface area contributed by atoms with Gasteiger partial charge >= 0.3 is 35.5 Å². The van der Waals surface area contributed by atoms with Crippen LogP contribution in [0.3, 0.4) is 0 Å². The van der Waals surface area contributed by atoms with Gasteiger partial charge in [-0.05, 0) is 37.0 Å². The Bertz CT molecular complexity index is 435. The maximum Gasteiger partial charge on any atom is 1.00 e. The molecule has 0 aromatic heterocycles. The minimum absolute atomic E-state index is 0. The Hall–Kier alpha value is 0.340. The third-order valence-corrected chi connectivity index (χ3v) is 4.86. The zero-order valence-corrected chi connectivity index (χ0v) is 15.3. The number of ether oxygens (including phenoxy) is 1. The Kier molecular flexibility index (Phi) is 7.69. The molecule has 1 fully saturated rings. The van der Waals surface area contributed by atoms with Crippen LogP contribution in [0.2, 0.25) is 0 Å². The summed E-state index contributed by atoms with van der Waals surface area (Å²) in [5.74, 6) is -0.963. The van der Waals surface area contributed by atoms with Gasteiger partial charge in [0.2, 0.25) is 5.44 Å². The van der Waals surface area contributed by atoms with Gasteiger partial charge in [0.15, 0.2) is 0 Å². The van der Waals surface area contributed by atoms with Crippen molar-refractivity contribution in [1.82, 2.24) is 0 Å². The summed E-state index contributed by atoms with van der Waals surface area (Å²) in [6.07, 6.45) is 2.68. The molecule has 0 heterocycles. The normalized spacial score (nSPS) is 28.6. The number of aliphatic hydroxyl groups is 1. The Morgan fingerprint density at radius 1 is 1.45 bits per heavy atom. The molecule has 0 saturated heterocycles. The van der Waals surface area contributed by atoms with Crippen LogP contribution in [0.5, 0.6) is 0 Å². The molecule has 1 aliphatic carbocycles. The van der Waals surface area contributed by atoms with Crippen molar-refractivity contribution in [3.8, 4) is 0 Å². The Morgan fingerprint density at radius 3 is 2.45 bits per heavy atom. The van der Waals surface area contributed by atoms with Crippen LogP contribution in [0, 0.1) is 11.3 Å². The van der Waals surface area contributed by atoms with E-state index in [-0.39, 0.29) is 35.0 Å². The van der Waals surface area contributed by atoms with Crippen molar-refractivity contribution >= 4 is 16.1 Å². The molecule has 0 aromatic rings. The first-order chi connectivity index (χ1) is 8.56. The van der Waals surface area contributed by atoms with Gasteiger partial charge in [-0.15, -0.1) is 0 Å². The third-order valence-electron chi connectivity index (χ3n) is 4.12. The monoisotopic (exact) mass is 316 g/mol. The predicted octanol–water partition coefficient (Wildman–Crippen LogP) is -2.00. The molecule has 8 heteroatoms. The average Bonchev–Trinajstić information content (AvgIpc) is 2.26. The van der Waals surface area contributed by atoms with Gasteiger partial charge in [-0.25, -0.2) is 13.2 Å². The van der Waals surface area contributed by atoms with Crippen LogP contribution >= 0.6 is 0 Å². The van der Waals surface area contributed by atoms with E-state index in [0.29, 0.717) is 18.8 Å². The quantitative estimate of drug-likeness (QED) is 0.366. The molecule has 112 valence electrons. The summed E-state index contributed by atoms with van der Waals surface area (Å²) in [4.78, 5) is 11.4. The van der Waals surface area contributed by atoms with Crippen LogP contribution in [-0.2, 0) is 19.6 Å². The Morgan fingerprint density at radius 2 is 2.00 bits per heavy atom. The summed E-state index contributed by atoms with van der Waals surface area (Å²) < 4.78 is 36.6. The van der Waals surface area contributed by atoms with E-state index in [2.05, 4.69) is 20.8 Å². The van der Waals surface area contributed by atoms with Crippen LogP contribution in [0.25, 0.3) is 0 Å². The van der Waals surface area contributed by atoms with E-state index in [9.17, 15) is 17.8 Å². The minimum atomic E-state index is -5.07. The Balaban J connectivity index is 0.00000361. The zero-order chi connectivity index (χ0) is 14.8. The van der Waals surface area contributed by atoms with Crippen LogP contribution < -0.4 is 29.6 Å². The van der Waals surface area contributed by atoms with Gasteiger partial charge in [0, 0.05) is 0 Å². The third kappa shape index (κ3) is 5.27. The van der Waals surface area contributed by atoms with Crippen LogP contribution in [0.4, 0.5) is 0 Å². The first kappa shape index (κ1) is 20.3. The van der Waals surface area contributed by atoms with Gasteiger partial charge in [0.05, 0.1) is 0 Å². The van der Waals surface area contributed by atoms with Crippen LogP contribution in [-0.4, -0.2) is 35.6 Å². The molecular weight excluding hydrogens is 295 g/mol. The Labute approximate surface area is 142 Å². The molecule has 1 N–H and O–H groups in total. The largest absolute Gasteiger partial charge is 1.00 e. The number of hydrogen-bond acceptors (Lipinski definition) is 6. The first-order valence-corrected chi connectivity index (χ1v) is 7.86. The van der Waals surface area contributed by atoms with Crippen molar-refractivity contribution in [3.05, 3.63) is 0 Å². The standard InChI is InChI=1S/C12H22O6S.Na/c1-8(2)12(3)6-4-5-9(7-12)18-10(13)11(14)19(15,16)17;/h8-9,11,14H,4-7H2,1-3H3,(H,15,16,17);/q;+1/p-1. The summed E-state index contributed by atoms with van der Waals surface area (Å²) in [5.41, 5.74) is -2.61. The van der Waals surface area contributed by atoms with Gasteiger partial charge in [-0.2, -0.15) is 0 Å². The van der Waals surface area contributed by atoms with Crippen molar-refractivity contribution in [2.75, 3.05) is 0 Å². The molecule has 0 bridgehead atoms. The van der Waals surface area contributed by atoms with Crippen molar-refractivity contribution in [3.63, 3.8) is 0 Å². The van der Waals surface area contributed by atoms with Gasteiger partial charge in [-0.1, -0.05) is 20.8 Å². The fraction of sp³-hybridized carbons (Fsp3) is 0.917. The minimum Gasteiger partial charge on any atom is -0.745 e. The molecule has 0 aromatic carbocycles. The zero-order valence-electron chi connectivity index (χ0n) is 12.5. The summed E-state index contributed by atoms with van der Waals surface area (Å²) >= 11 is 0. The fourth-order valence-corrected chi connectivity index (χ4v) is 2.71. The molecule has 0 aliphatic heterocycles. The van der Waals surface area contributed by atoms with Gasteiger partial charge in [0.1, 0.15) is 16.2 Å². The second-order valence-corrected chi connectivity index (χ2v) is 7.24. The molecule has 1 aliphatic rings. The maximum atomic E-state index is 11.4. The molecule has 20 heavy (non-hydrogen) atoms. The van der Waals surface area contributed by atoms with E-state index >= 15 is 0 Å². The number of rotatable bonds is 4. The molecule has 0 spiro atoms. The summed E-state index contributed by atoms with van der Waals surface area (Å²) in [5, 5.41) is 9.05. The molecule has 0 amide bonds. The molecular formula is C12H21NaO6S. The molecule has 0 radical (unpaired) electrons. The van der Waals surface area contributed by atoms with E-state index in [4.69, 9.17) is 9.84 Å². The molecule has 1 saturated carbocycles. The molecule has 3 unspecified atom stereocenters. The second-order valence-electron chi connectivity index (χ2n) is 5.81. The van der Waals surface area contributed by atoms with Crippen molar-refractivity contribution in [2.45, 2.75) is 58.0 Å². The van der Waals surface area contributed by atoms with Gasteiger partial charge in [-0.3, -0.25) is 0 Å². The summed E-state index contributed by atoms with van der Waals surface area (Å²) in [7, 11) is -5.07. The van der Waals surface area contributed by atoms with Crippen LogP contribution in [0.15, 0.2) is 0 Å². The maximum absolute atomic E-state index is 11.4. The molecule has 6 nitrogen and oxygen atoms in total. The van der Waals surface area contributed by atoms with Crippen molar-refractivity contribution in [1.29, 1.82) is 0 Å². The van der Waals surface area contributed by atoms with E-state index in [0.717, 1.165) is 12.8 Å². The number of carbonyl (C=O) groups is 1. The molecule has 1 rings (SSSR count).